The minimum absolute atomic E-state index is 0.207. The van der Waals surface area contributed by atoms with Crippen LogP contribution in [0.15, 0.2) is 4.52 Å². The van der Waals surface area contributed by atoms with Gasteiger partial charge in [0.25, 0.3) is 10.2 Å². The Hall–Kier alpha value is -1.03. The van der Waals surface area contributed by atoms with E-state index in [0.717, 1.165) is 63.3 Å². The van der Waals surface area contributed by atoms with Gasteiger partial charge >= 0.3 is 0 Å². The Balaban J connectivity index is 1.35. The minimum Gasteiger partial charge on any atom is -0.375 e. The summed E-state index contributed by atoms with van der Waals surface area (Å²) in [6.45, 7) is 1.75. The largest absolute Gasteiger partial charge is 0.375 e. The van der Waals surface area contributed by atoms with E-state index in [1.165, 1.54) is 10.7 Å². The molecular weight excluding hydrogens is 368 g/mol. The lowest BCUT2D eigenvalue weighted by Crippen LogP contribution is -2.52. The number of ether oxygens (including phenoxy) is 1. The predicted molar refractivity (Wildman–Crippen MR) is 99.4 cm³/mol. The highest BCUT2D eigenvalue weighted by Crippen LogP contribution is 2.40. The van der Waals surface area contributed by atoms with Crippen molar-refractivity contribution >= 4 is 10.2 Å². The molecular formula is C18H30N4O4S. The van der Waals surface area contributed by atoms with Gasteiger partial charge in [0.1, 0.15) is 0 Å². The summed E-state index contributed by atoms with van der Waals surface area (Å²) >= 11 is 0. The first-order chi connectivity index (χ1) is 12.9. The first kappa shape index (κ1) is 19.3. The van der Waals surface area contributed by atoms with Crippen molar-refractivity contribution in [1.82, 2.24) is 18.8 Å². The van der Waals surface area contributed by atoms with E-state index in [-0.39, 0.29) is 5.60 Å². The van der Waals surface area contributed by atoms with Gasteiger partial charge in [-0.05, 0) is 44.4 Å². The number of hydrogen-bond donors (Lipinski definition) is 0. The van der Waals surface area contributed by atoms with Gasteiger partial charge in [-0.15, -0.1) is 0 Å². The van der Waals surface area contributed by atoms with E-state index in [9.17, 15) is 8.42 Å². The summed E-state index contributed by atoms with van der Waals surface area (Å²) in [5, 5.41) is 4.19. The Bertz CT molecular complexity index is 751. The molecule has 0 bridgehead atoms. The van der Waals surface area contributed by atoms with Crippen molar-refractivity contribution in [1.29, 1.82) is 0 Å². The van der Waals surface area contributed by atoms with E-state index in [0.29, 0.717) is 24.9 Å². The lowest BCUT2D eigenvalue weighted by Gasteiger charge is -2.46. The fraction of sp³-hybridized carbons (Fsp3) is 0.889. The van der Waals surface area contributed by atoms with Gasteiger partial charge in [-0.1, -0.05) is 11.6 Å². The van der Waals surface area contributed by atoms with E-state index in [1.807, 2.05) is 0 Å². The summed E-state index contributed by atoms with van der Waals surface area (Å²) in [6.07, 6.45) is 7.83. The van der Waals surface area contributed by atoms with Crippen molar-refractivity contribution in [2.75, 3.05) is 33.8 Å². The third kappa shape index (κ3) is 3.92. The fourth-order valence-electron chi connectivity index (χ4n) is 4.44. The minimum atomic E-state index is -3.34. The molecule has 2 saturated heterocycles. The van der Waals surface area contributed by atoms with Crippen molar-refractivity contribution in [2.24, 2.45) is 5.92 Å². The second-order valence-electron chi connectivity index (χ2n) is 8.46. The molecule has 4 rings (SSSR count). The Morgan fingerprint density at radius 1 is 1.22 bits per heavy atom. The number of piperidine rings is 1. The van der Waals surface area contributed by atoms with Crippen LogP contribution in [0.1, 0.15) is 62.6 Å². The number of rotatable bonds is 5. The Kier molecular flexibility index (Phi) is 5.30. The van der Waals surface area contributed by atoms with Gasteiger partial charge in [0.15, 0.2) is 5.82 Å². The van der Waals surface area contributed by atoms with E-state index in [2.05, 4.69) is 10.1 Å². The van der Waals surface area contributed by atoms with Gasteiger partial charge in [0.05, 0.1) is 5.60 Å². The van der Waals surface area contributed by atoms with Crippen LogP contribution < -0.4 is 0 Å². The first-order valence-electron chi connectivity index (χ1n) is 10.0. The molecule has 2 aliphatic heterocycles. The van der Waals surface area contributed by atoms with Crippen molar-refractivity contribution in [3.8, 4) is 0 Å². The van der Waals surface area contributed by atoms with Crippen molar-refractivity contribution in [3.05, 3.63) is 11.7 Å². The van der Waals surface area contributed by atoms with E-state index in [4.69, 9.17) is 9.26 Å². The molecule has 1 saturated carbocycles. The normalized spacial score (nSPS) is 27.1. The molecule has 0 N–H and O–H groups in total. The molecule has 3 fully saturated rings. The van der Waals surface area contributed by atoms with Crippen LogP contribution in [0.5, 0.6) is 0 Å². The molecule has 1 aromatic rings. The van der Waals surface area contributed by atoms with Crippen molar-refractivity contribution < 1.29 is 17.7 Å². The molecule has 8 nitrogen and oxygen atoms in total. The zero-order chi connectivity index (χ0) is 19.1. The van der Waals surface area contributed by atoms with Crippen LogP contribution >= 0.6 is 0 Å². The van der Waals surface area contributed by atoms with Crippen LogP contribution in [0.2, 0.25) is 0 Å². The third-order valence-corrected chi connectivity index (χ3v) is 8.37. The smallest absolute Gasteiger partial charge is 0.281 e. The van der Waals surface area contributed by atoms with Crippen LogP contribution in [0.25, 0.3) is 0 Å². The molecule has 1 atom stereocenters. The summed E-state index contributed by atoms with van der Waals surface area (Å²) in [7, 11) is -0.183. The monoisotopic (exact) mass is 398 g/mol. The lowest BCUT2D eigenvalue weighted by atomic mass is 9.78. The lowest BCUT2D eigenvalue weighted by molar-refractivity contribution is -0.120. The molecule has 0 radical (unpaired) electrons. The summed E-state index contributed by atoms with van der Waals surface area (Å²) < 4.78 is 39.1. The van der Waals surface area contributed by atoms with Crippen LogP contribution in [-0.2, 0) is 21.4 Å². The molecule has 1 spiro atoms. The van der Waals surface area contributed by atoms with Crippen LogP contribution in [0.4, 0.5) is 0 Å². The highest BCUT2D eigenvalue weighted by Gasteiger charge is 2.43. The molecule has 0 aromatic carbocycles. The summed E-state index contributed by atoms with van der Waals surface area (Å²) in [5.41, 5.74) is -0.207. The van der Waals surface area contributed by atoms with Gasteiger partial charge in [0, 0.05) is 46.1 Å². The Morgan fingerprint density at radius 2 is 1.96 bits per heavy atom. The molecule has 27 heavy (non-hydrogen) atoms. The quantitative estimate of drug-likeness (QED) is 0.753. The van der Waals surface area contributed by atoms with E-state index >= 15 is 0 Å². The second kappa shape index (κ2) is 7.42. The highest BCUT2D eigenvalue weighted by molar-refractivity contribution is 7.86. The van der Waals surface area contributed by atoms with Gasteiger partial charge < -0.3 is 9.26 Å². The average molecular weight is 399 g/mol. The van der Waals surface area contributed by atoms with Gasteiger partial charge in [0.2, 0.25) is 5.89 Å². The molecule has 3 heterocycles. The fourth-order valence-corrected chi connectivity index (χ4v) is 5.54. The molecule has 1 unspecified atom stereocenters. The van der Waals surface area contributed by atoms with E-state index < -0.39 is 10.2 Å². The molecule has 9 heteroatoms. The first-order valence-corrected chi connectivity index (χ1v) is 11.4. The maximum atomic E-state index is 12.3. The third-order valence-electron chi connectivity index (χ3n) is 6.43. The zero-order valence-corrected chi connectivity index (χ0v) is 17.1. The van der Waals surface area contributed by atoms with Gasteiger partial charge in [-0.3, -0.25) is 0 Å². The molecule has 152 valence electrons. The molecule has 1 aromatic heterocycles. The molecule has 0 amide bonds. The van der Waals surface area contributed by atoms with Crippen LogP contribution in [0.3, 0.4) is 0 Å². The number of hydrogen-bond acceptors (Lipinski definition) is 6. The molecule has 1 aliphatic carbocycles. The Labute approximate surface area is 161 Å². The average Bonchev–Trinajstić information content (AvgIpc) is 3.01. The number of aromatic nitrogens is 2. The maximum absolute atomic E-state index is 12.3. The highest BCUT2D eigenvalue weighted by atomic mass is 32.2. The number of nitrogens with zero attached hydrogens (tertiary/aromatic N) is 4. The van der Waals surface area contributed by atoms with Crippen molar-refractivity contribution in [2.45, 2.75) is 62.9 Å². The van der Waals surface area contributed by atoms with Crippen molar-refractivity contribution in [3.63, 3.8) is 0 Å². The standard InChI is InChI=1S/C18H30N4O4S/c1-21(2)27(23,24)22-9-7-18(8-10-22)13-14(6-11-25-18)12-16-19-17(26-20-16)15-4-3-5-15/h14-15H,3-13H2,1-2H3. The predicted octanol–water partition coefficient (Wildman–Crippen LogP) is 1.95. The zero-order valence-electron chi connectivity index (χ0n) is 16.3. The second-order valence-corrected chi connectivity index (χ2v) is 10.6. The molecule has 3 aliphatic rings. The van der Waals surface area contributed by atoms with Gasteiger partial charge in [-0.2, -0.15) is 22.0 Å². The van der Waals surface area contributed by atoms with Crippen LogP contribution in [-0.4, -0.2) is 66.6 Å². The summed E-state index contributed by atoms with van der Waals surface area (Å²) in [4.78, 5) is 4.61. The maximum Gasteiger partial charge on any atom is 0.281 e. The summed E-state index contributed by atoms with van der Waals surface area (Å²) in [5.74, 6) is 2.55. The Morgan fingerprint density at radius 3 is 2.59 bits per heavy atom. The topological polar surface area (TPSA) is 88.8 Å². The van der Waals surface area contributed by atoms with Crippen LogP contribution in [0, 0.1) is 5.92 Å². The summed E-state index contributed by atoms with van der Waals surface area (Å²) in [6, 6.07) is 0. The van der Waals surface area contributed by atoms with Gasteiger partial charge in [-0.25, -0.2) is 0 Å². The SMILES string of the molecule is CN(C)S(=O)(=O)N1CCC2(CC1)CC(Cc1noc(C3CCC3)n1)CCO2. The van der Waals surface area contributed by atoms with E-state index in [1.54, 1.807) is 18.4 Å².